The Morgan fingerprint density at radius 2 is 1.22 bits per heavy atom. The third-order valence-corrected chi connectivity index (χ3v) is 2.34. The van der Waals surface area contributed by atoms with E-state index in [1.165, 1.54) is 39.2 Å². The molecular formula is C21H41O5W-3. The van der Waals surface area contributed by atoms with E-state index in [4.69, 9.17) is 9.47 Å². The molecule has 0 aromatic heterocycles. The summed E-state index contributed by atoms with van der Waals surface area (Å²) in [6, 6.07) is 0. The van der Waals surface area contributed by atoms with Gasteiger partial charge in [-0.05, 0) is 13.3 Å². The Bertz CT molecular complexity index is 307. The Morgan fingerprint density at radius 1 is 0.815 bits per heavy atom. The van der Waals surface area contributed by atoms with Gasteiger partial charge in [-0.3, -0.25) is 23.4 Å². The summed E-state index contributed by atoms with van der Waals surface area (Å²) in [7, 11) is 1.29. The molecule has 0 saturated carbocycles. The van der Waals surface area contributed by atoms with Crippen LogP contribution in [0.4, 0.5) is 0 Å². The first-order valence-electron chi connectivity index (χ1n) is 9.25. The zero-order valence-corrected chi connectivity index (χ0v) is 21.1. The van der Waals surface area contributed by atoms with E-state index < -0.39 is 11.9 Å². The van der Waals surface area contributed by atoms with Gasteiger partial charge in [-0.15, -0.1) is 0 Å². The van der Waals surface area contributed by atoms with Crippen molar-refractivity contribution in [3.63, 3.8) is 0 Å². The van der Waals surface area contributed by atoms with E-state index in [1.54, 1.807) is 0 Å². The Labute approximate surface area is 182 Å². The van der Waals surface area contributed by atoms with E-state index in [1.807, 2.05) is 6.92 Å². The Morgan fingerprint density at radius 3 is 1.48 bits per heavy atom. The summed E-state index contributed by atoms with van der Waals surface area (Å²) in [6.45, 7) is 22.4. The molecule has 0 fully saturated rings. The van der Waals surface area contributed by atoms with Crippen molar-refractivity contribution in [3.05, 3.63) is 33.1 Å². The summed E-state index contributed by atoms with van der Waals surface area (Å²) in [4.78, 5) is 19.7. The predicted molar refractivity (Wildman–Crippen MR) is 109 cm³/mol. The molecule has 0 spiro atoms. The van der Waals surface area contributed by atoms with Gasteiger partial charge in [0.1, 0.15) is 0 Å². The van der Waals surface area contributed by atoms with Crippen molar-refractivity contribution in [2.75, 3.05) is 20.3 Å². The molecular weight excluding hydrogens is 516 g/mol. The van der Waals surface area contributed by atoms with Gasteiger partial charge in [0.15, 0.2) is 11.9 Å². The van der Waals surface area contributed by atoms with E-state index in [2.05, 4.69) is 52.9 Å². The summed E-state index contributed by atoms with van der Waals surface area (Å²) in [5.41, 5.74) is 0. The second-order valence-electron chi connectivity index (χ2n) is 5.24. The number of allylic oxidation sites excluding steroid dienone is 1. The number of hydrogen-bond donors (Lipinski definition) is 0. The third kappa shape index (κ3) is 78.7. The molecule has 0 bridgehead atoms. The first-order chi connectivity index (χ1) is 12.2. The van der Waals surface area contributed by atoms with Crippen molar-refractivity contribution in [1.29, 1.82) is 0 Å². The Kier molecular flexibility index (Phi) is 48.6. The number of esters is 2. The fourth-order valence-corrected chi connectivity index (χ4v) is 1.27. The number of methoxy groups -OCH3 is 1. The van der Waals surface area contributed by atoms with Crippen LogP contribution < -0.4 is 0 Å². The van der Waals surface area contributed by atoms with Gasteiger partial charge in [0.25, 0.3) is 0 Å². The minimum Gasteiger partial charge on any atom is -0.532 e. The van der Waals surface area contributed by atoms with Gasteiger partial charge in [-0.2, -0.15) is 0 Å². The second-order valence-corrected chi connectivity index (χ2v) is 5.24. The molecule has 0 radical (unpaired) electrons. The van der Waals surface area contributed by atoms with Gasteiger partial charge in [0, 0.05) is 21.1 Å². The maximum atomic E-state index is 10.2. The van der Waals surface area contributed by atoms with Crippen LogP contribution in [0, 0.1) is 20.8 Å². The molecule has 0 aromatic carbocycles. The molecule has 0 N–H and O–H groups in total. The summed E-state index contributed by atoms with van der Waals surface area (Å²) < 4.78 is 13.4. The Hall–Kier alpha value is -1.22. The molecule has 0 rings (SSSR count). The summed E-state index contributed by atoms with van der Waals surface area (Å²) >= 11 is 0. The molecule has 0 aliphatic heterocycles. The standard InChI is InChI=1S/C10H19O2.C5H9O.C3H5O2.C3H8.W/c1-3-4-5-6-7-8-9-12-10(2)11;1-4-6-5(2)3;1-3(4)5-2;1-3-2;/h2-9H2,1H3;2-4H2,1H3;1H2,2H3;3H2,1-2H3;/q3*-1;;. The molecule has 0 atom stereocenters. The number of hydrogen-bond acceptors (Lipinski definition) is 5. The first-order valence-corrected chi connectivity index (χ1v) is 9.25. The Balaban J connectivity index is -0.0000000907. The van der Waals surface area contributed by atoms with Crippen molar-refractivity contribution in [1.82, 2.24) is 0 Å². The monoisotopic (exact) mass is 557 g/mol. The van der Waals surface area contributed by atoms with E-state index in [-0.39, 0.29) is 21.1 Å². The summed E-state index contributed by atoms with van der Waals surface area (Å²) in [5, 5.41) is 0. The van der Waals surface area contributed by atoms with E-state index >= 15 is 0 Å². The maximum Gasteiger partial charge on any atom is 0.164 e. The van der Waals surface area contributed by atoms with Gasteiger partial charge >= 0.3 is 0 Å². The van der Waals surface area contributed by atoms with Crippen LogP contribution in [0.3, 0.4) is 0 Å². The van der Waals surface area contributed by atoms with Crippen molar-refractivity contribution in [2.24, 2.45) is 0 Å². The summed E-state index contributed by atoms with van der Waals surface area (Å²) in [5.74, 6) is -0.369. The van der Waals surface area contributed by atoms with Crippen LogP contribution >= 0.6 is 0 Å². The van der Waals surface area contributed by atoms with Crippen molar-refractivity contribution >= 4 is 11.9 Å². The molecule has 0 heterocycles. The minimum absolute atomic E-state index is 0. The smallest absolute Gasteiger partial charge is 0.164 e. The number of carbonyl (C=O) groups is 2. The summed E-state index contributed by atoms with van der Waals surface area (Å²) in [6.07, 6.45) is 8.53. The molecule has 0 saturated heterocycles. The molecule has 5 nitrogen and oxygen atoms in total. The first kappa shape index (κ1) is 36.7. The topological polar surface area (TPSA) is 61.8 Å². The van der Waals surface area contributed by atoms with Crippen LogP contribution in [0.25, 0.3) is 0 Å². The van der Waals surface area contributed by atoms with Crippen molar-refractivity contribution in [2.45, 2.75) is 72.6 Å². The van der Waals surface area contributed by atoms with Gasteiger partial charge in [0.2, 0.25) is 0 Å². The van der Waals surface area contributed by atoms with Crippen molar-refractivity contribution < 1.29 is 44.9 Å². The zero-order valence-electron chi connectivity index (χ0n) is 18.1. The van der Waals surface area contributed by atoms with Gasteiger partial charge < -0.3 is 14.2 Å². The minimum atomic E-state index is -0.495. The van der Waals surface area contributed by atoms with Crippen LogP contribution in [0.1, 0.15) is 72.6 Å². The van der Waals surface area contributed by atoms with Crippen LogP contribution in [-0.4, -0.2) is 32.3 Å². The van der Waals surface area contributed by atoms with Crippen LogP contribution in [0.5, 0.6) is 0 Å². The quantitative estimate of drug-likeness (QED) is 0.162. The fourth-order valence-electron chi connectivity index (χ4n) is 1.27. The van der Waals surface area contributed by atoms with Gasteiger partial charge in [0.05, 0.1) is 20.3 Å². The van der Waals surface area contributed by atoms with Crippen LogP contribution in [0.15, 0.2) is 12.3 Å². The maximum absolute atomic E-state index is 10.2. The molecule has 164 valence electrons. The SMILES string of the molecule is C=C([CH2-])OCC.CCC.[CH2-]C(=O)OC.[CH2-]C(=O)OCCCCCCCC.[W]. The van der Waals surface area contributed by atoms with Gasteiger partial charge in [-0.25, -0.2) is 13.5 Å². The molecule has 27 heavy (non-hydrogen) atoms. The third-order valence-electron chi connectivity index (χ3n) is 2.34. The van der Waals surface area contributed by atoms with Crippen LogP contribution in [0.2, 0.25) is 0 Å². The largest absolute Gasteiger partial charge is 0.532 e. The normalized spacial score (nSPS) is 7.89. The van der Waals surface area contributed by atoms with Crippen molar-refractivity contribution in [3.8, 4) is 0 Å². The molecule has 0 aliphatic rings. The van der Waals surface area contributed by atoms with Gasteiger partial charge in [-0.1, -0.05) is 65.1 Å². The molecule has 6 heteroatoms. The molecule has 0 unspecified atom stereocenters. The average molecular weight is 557 g/mol. The molecule has 0 aliphatic carbocycles. The van der Waals surface area contributed by atoms with Crippen LogP contribution in [-0.2, 0) is 44.9 Å². The number of ether oxygens (including phenoxy) is 3. The van der Waals surface area contributed by atoms with E-state index in [9.17, 15) is 9.59 Å². The zero-order chi connectivity index (χ0) is 21.2. The number of rotatable bonds is 9. The fraction of sp³-hybridized carbons (Fsp3) is 0.667. The van der Waals surface area contributed by atoms with E-state index in [0.717, 1.165) is 12.8 Å². The molecule has 0 aromatic rings. The average Bonchev–Trinajstić information content (AvgIpc) is 2.55. The second kappa shape index (κ2) is 35.8. The number of unbranched alkanes of at least 4 members (excludes halogenated alkanes) is 5. The van der Waals surface area contributed by atoms with E-state index in [0.29, 0.717) is 19.0 Å². The molecule has 0 amide bonds. The number of carbonyl (C=O) groups excluding carboxylic acids is 2. The predicted octanol–water partition coefficient (Wildman–Crippen LogP) is 5.50.